The molecule has 6 heteroatoms. The van der Waals surface area contributed by atoms with Crippen LogP contribution in [-0.2, 0) is 20.9 Å². The zero-order valence-electron chi connectivity index (χ0n) is 9.88. The van der Waals surface area contributed by atoms with Gasteiger partial charge in [-0.15, -0.1) is 0 Å². The second-order valence-electron chi connectivity index (χ2n) is 3.14. The van der Waals surface area contributed by atoms with Crippen molar-refractivity contribution in [2.45, 2.75) is 13.8 Å². The number of carbonyl (C=O) groups is 1. The minimum Gasteiger partial charge on any atom is -0.314 e. The van der Waals surface area contributed by atoms with Crippen LogP contribution in [0.1, 0.15) is 24.2 Å². The molecule has 0 unspecified atom stereocenters. The molecule has 0 aliphatic carbocycles. The molecule has 0 radical (unpaired) electrons. The van der Waals surface area contributed by atoms with E-state index in [2.05, 4.69) is 5.09 Å². The first-order valence-electron chi connectivity index (χ1n) is 5.38. The SMILES string of the molecule is CCOP(=S)(NC(=O)c1ccccc1)OCC. The highest BCUT2D eigenvalue weighted by molar-refractivity contribution is 8.09. The highest BCUT2D eigenvalue weighted by atomic mass is 32.5. The standard InChI is InChI=1S/C11H16NO3PS/c1-3-14-16(17,15-4-2)12-11(13)10-8-6-5-7-9-10/h5-9H,3-4H2,1-2H3,(H,12,13,17). The molecule has 0 aromatic heterocycles. The Morgan fingerprint density at radius 2 is 1.76 bits per heavy atom. The monoisotopic (exact) mass is 273 g/mol. The number of rotatable bonds is 6. The molecule has 1 rings (SSSR count). The van der Waals surface area contributed by atoms with E-state index in [0.29, 0.717) is 18.8 Å². The first kappa shape index (κ1) is 14.3. The molecule has 0 heterocycles. The highest BCUT2D eigenvalue weighted by Gasteiger charge is 2.21. The van der Waals surface area contributed by atoms with Gasteiger partial charge in [0.05, 0.1) is 13.2 Å². The van der Waals surface area contributed by atoms with Crippen LogP contribution in [-0.4, -0.2) is 19.1 Å². The van der Waals surface area contributed by atoms with Crippen LogP contribution in [0.3, 0.4) is 0 Å². The smallest absolute Gasteiger partial charge is 0.289 e. The number of hydrogen-bond donors (Lipinski definition) is 1. The molecule has 0 saturated heterocycles. The van der Waals surface area contributed by atoms with Gasteiger partial charge in [0.1, 0.15) is 0 Å². The quantitative estimate of drug-likeness (QED) is 0.810. The molecule has 0 bridgehead atoms. The summed E-state index contributed by atoms with van der Waals surface area (Å²) in [7, 11) is 0. The average molecular weight is 273 g/mol. The van der Waals surface area contributed by atoms with E-state index in [1.807, 2.05) is 19.9 Å². The van der Waals surface area contributed by atoms with E-state index in [9.17, 15) is 4.79 Å². The van der Waals surface area contributed by atoms with Gasteiger partial charge in [0.2, 0.25) is 0 Å². The number of carbonyl (C=O) groups excluding carboxylic acids is 1. The first-order valence-corrected chi connectivity index (χ1v) is 8.02. The van der Waals surface area contributed by atoms with Crippen LogP contribution in [0.15, 0.2) is 30.3 Å². The molecule has 1 amide bonds. The summed E-state index contributed by atoms with van der Waals surface area (Å²) < 4.78 is 10.7. The Morgan fingerprint density at radius 3 is 2.24 bits per heavy atom. The molecule has 0 atom stereocenters. The van der Waals surface area contributed by atoms with Crippen molar-refractivity contribution in [3.63, 3.8) is 0 Å². The number of hydrogen-bond acceptors (Lipinski definition) is 4. The van der Waals surface area contributed by atoms with Crippen LogP contribution in [0.25, 0.3) is 0 Å². The van der Waals surface area contributed by atoms with Crippen LogP contribution in [0.5, 0.6) is 0 Å². The minimum absolute atomic E-state index is 0.268. The third kappa shape index (κ3) is 4.56. The molecule has 0 aliphatic heterocycles. The molecule has 1 N–H and O–H groups in total. The molecule has 1 aromatic carbocycles. The van der Waals surface area contributed by atoms with Crippen LogP contribution in [0, 0.1) is 0 Å². The van der Waals surface area contributed by atoms with Crippen molar-refractivity contribution < 1.29 is 13.8 Å². The third-order valence-corrected chi connectivity index (χ3v) is 4.45. The lowest BCUT2D eigenvalue weighted by molar-refractivity contribution is 0.0970. The largest absolute Gasteiger partial charge is 0.314 e. The normalized spacial score (nSPS) is 11.2. The predicted molar refractivity (Wildman–Crippen MR) is 71.4 cm³/mol. The van der Waals surface area contributed by atoms with Crippen molar-refractivity contribution in [3.8, 4) is 0 Å². The van der Waals surface area contributed by atoms with Gasteiger partial charge in [0.25, 0.3) is 12.5 Å². The lowest BCUT2D eigenvalue weighted by atomic mass is 10.2. The maximum atomic E-state index is 11.9. The Kier molecular flexibility index (Phi) is 5.78. The fraction of sp³-hybridized carbons (Fsp3) is 0.364. The van der Waals surface area contributed by atoms with Gasteiger partial charge in [-0.05, 0) is 37.8 Å². The van der Waals surface area contributed by atoms with Crippen LogP contribution < -0.4 is 5.09 Å². The van der Waals surface area contributed by atoms with Crippen molar-refractivity contribution in [1.29, 1.82) is 0 Å². The zero-order valence-corrected chi connectivity index (χ0v) is 11.6. The summed E-state index contributed by atoms with van der Waals surface area (Å²) >= 11 is 5.21. The molecule has 0 aliphatic rings. The maximum Gasteiger partial charge on any atom is 0.289 e. The van der Waals surface area contributed by atoms with E-state index in [1.54, 1.807) is 24.3 Å². The van der Waals surface area contributed by atoms with E-state index < -0.39 is 6.64 Å². The van der Waals surface area contributed by atoms with E-state index in [0.717, 1.165) is 0 Å². The van der Waals surface area contributed by atoms with Gasteiger partial charge in [-0.2, -0.15) is 0 Å². The van der Waals surface area contributed by atoms with E-state index in [1.165, 1.54) is 0 Å². The molecular weight excluding hydrogens is 257 g/mol. The topological polar surface area (TPSA) is 47.6 Å². The lowest BCUT2D eigenvalue weighted by Crippen LogP contribution is -2.22. The summed E-state index contributed by atoms with van der Waals surface area (Å²) in [6.07, 6.45) is 0. The summed E-state index contributed by atoms with van der Waals surface area (Å²) in [5, 5.41) is 2.65. The third-order valence-electron chi connectivity index (χ3n) is 1.87. The summed E-state index contributed by atoms with van der Waals surface area (Å²) in [6.45, 7) is 1.74. The summed E-state index contributed by atoms with van der Waals surface area (Å²) in [5.41, 5.74) is 0.543. The Morgan fingerprint density at radius 1 is 1.24 bits per heavy atom. The second kappa shape index (κ2) is 6.87. The molecular formula is C11H16NO3PS. The molecule has 94 valence electrons. The summed E-state index contributed by atoms with van der Waals surface area (Å²) in [5.74, 6) is -0.268. The van der Waals surface area contributed by atoms with E-state index in [-0.39, 0.29) is 5.91 Å². The number of amides is 1. The van der Waals surface area contributed by atoms with Crippen molar-refractivity contribution in [1.82, 2.24) is 5.09 Å². The van der Waals surface area contributed by atoms with Crippen molar-refractivity contribution in [2.24, 2.45) is 0 Å². The van der Waals surface area contributed by atoms with E-state index >= 15 is 0 Å². The summed E-state index contributed by atoms with van der Waals surface area (Å²) in [6, 6.07) is 8.86. The second-order valence-corrected chi connectivity index (χ2v) is 6.32. The number of nitrogens with one attached hydrogen (secondary N) is 1. The molecule has 0 spiro atoms. The Labute approximate surface area is 107 Å². The van der Waals surface area contributed by atoms with Gasteiger partial charge in [0.15, 0.2) is 0 Å². The first-order chi connectivity index (χ1) is 8.11. The van der Waals surface area contributed by atoms with Crippen LogP contribution in [0.4, 0.5) is 0 Å². The average Bonchev–Trinajstić information content (AvgIpc) is 2.30. The Bertz CT molecular complexity index is 400. The van der Waals surface area contributed by atoms with Gasteiger partial charge < -0.3 is 9.05 Å². The Hall–Kier alpha value is -0.740. The van der Waals surface area contributed by atoms with Crippen molar-refractivity contribution in [2.75, 3.05) is 13.2 Å². The maximum absolute atomic E-state index is 11.9. The fourth-order valence-corrected chi connectivity index (χ4v) is 3.36. The lowest BCUT2D eigenvalue weighted by Gasteiger charge is -2.21. The van der Waals surface area contributed by atoms with Gasteiger partial charge in [-0.3, -0.25) is 9.88 Å². The highest BCUT2D eigenvalue weighted by Crippen LogP contribution is 2.43. The molecule has 17 heavy (non-hydrogen) atoms. The van der Waals surface area contributed by atoms with Crippen molar-refractivity contribution >= 4 is 24.4 Å². The Balaban J connectivity index is 2.74. The van der Waals surface area contributed by atoms with Gasteiger partial charge >= 0.3 is 0 Å². The van der Waals surface area contributed by atoms with Crippen LogP contribution in [0.2, 0.25) is 0 Å². The molecule has 1 aromatic rings. The minimum atomic E-state index is -2.71. The van der Waals surface area contributed by atoms with E-state index in [4.69, 9.17) is 20.9 Å². The van der Waals surface area contributed by atoms with Gasteiger partial charge in [-0.25, -0.2) is 0 Å². The molecule has 4 nitrogen and oxygen atoms in total. The fourth-order valence-electron chi connectivity index (χ4n) is 1.22. The van der Waals surface area contributed by atoms with Crippen LogP contribution >= 0.6 is 6.64 Å². The van der Waals surface area contributed by atoms with Gasteiger partial charge in [0, 0.05) is 5.56 Å². The molecule has 0 fully saturated rings. The predicted octanol–water partition coefficient (Wildman–Crippen LogP) is 2.71. The summed E-state index contributed by atoms with van der Waals surface area (Å²) in [4.78, 5) is 11.9. The molecule has 0 saturated carbocycles. The van der Waals surface area contributed by atoms with Gasteiger partial charge in [-0.1, -0.05) is 18.2 Å². The zero-order chi connectivity index (χ0) is 12.7. The van der Waals surface area contributed by atoms with Crippen molar-refractivity contribution in [3.05, 3.63) is 35.9 Å². The number of benzene rings is 1.